The van der Waals surface area contributed by atoms with Crippen LogP contribution in [0.15, 0.2) is 24.8 Å². The van der Waals surface area contributed by atoms with Gasteiger partial charge in [-0.25, -0.2) is 0 Å². The Bertz CT molecular complexity index is 318. The number of halogens is 1. The molecular formula is C12H15Cl. The van der Waals surface area contributed by atoms with Crippen LogP contribution in [-0.2, 0) is 4.87 Å². The minimum atomic E-state index is -0.302. The lowest BCUT2D eigenvalue weighted by atomic mass is 9.94. The van der Waals surface area contributed by atoms with Crippen LogP contribution in [0.3, 0.4) is 0 Å². The highest BCUT2D eigenvalue weighted by atomic mass is 35.5. The van der Waals surface area contributed by atoms with Crippen LogP contribution in [0.4, 0.5) is 0 Å². The van der Waals surface area contributed by atoms with Crippen LogP contribution in [0.5, 0.6) is 0 Å². The lowest BCUT2D eigenvalue weighted by Crippen LogP contribution is -2.10. The summed E-state index contributed by atoms with van der Waals surface area (Å²) in [7, 11) is 0. The zero-order valence-electron chi connectivity index (χ0n) is 8.39. The Morgan fingerprint density at radius 3 is 2.46 bits per heavy atom. The van der Waals surface area contributed by atoms with Crippen LogP contribution in [0.1, 0.15) is 30.5 Å². The summed E-state index contributed by atoms with van der Waals surface area (Å²) in [6.07, 6.45) is 1.86. The Morgan fingerprint density at radius 1 is 1.38 bits per heavy atom. The highest BCUT2D eigenvalue weighted by Crippen LogP contribution is 2.31. The molecule has 0 aliphatic heterocycles. The SMILES string of the molecule is C=Cc1cccc(C(C)(C)Cl)c1C. The van der Waals surface area contributed by atoms with Gasteiger partial charge in [0.2, 0.25) is 0 Å². The van der Waals surface area contributed by atoms with Gasteiger partial charge in [-0.2, -0.15) is 0 Å². The Kier molecular flexibility index (Phi) is 2.82. The molecule has 0 radical (unpaired) electrons. The van der Waals surface area contributed by atoms with E-state index in [-0.39, 0.29) is 4.87 Å². The molecule has 0 aliphatic rings. The van der Waals surface area contributed by atoms with Crippen molar-refractivity contribution >= 4 is 17.7 Å². The van der Waals surface area contributed by atoms with Gasteiger partial charge in [0, 0.05) is 0 Å². The summed E-state index contributed by atoms with van der Waals surface area (Å²) < 4.78 is 0. The zero-order chi connectivity index (χ0) is 10.1. The van der Waals surface area contributed by atoms with E-state index in [1.807, 2.05) is 26.0 Å². The third-order valence-electron chi connectivity index (χ3n) is 2.24. The second kappa shape index (κ2) is 3.55. The maximum Gasteiger partial charge on any atom is 0.0641 e. The lowest BCUT2D eigenvalue weighted by molar-refractivity contribution is 0.758. The summed E-state index contributed by atoms with van der Waals surface area (Å²) in [6.45, 7) is 9.86. The van der Waals surface area contributed by atoms with E-state index in [0.717, 1.165) is 5.56 Å². The third kappa shape index (κ3) is 2.13. The number of hydrogen-bond donors (Lipinski definition) is 0. The molecule has 0 aromatic heterocycles. The van der Waals surface area contributed by atoms with Crippen molar-refractivity contribution in [1.29, 1.82) is 0 Å². The van der Waals surface area contributed by atoms with Crippen LogP contribution >= 0.6 is 11.6 Å². The van der Waals surface area contributed by atoms with E-state index in [9.17, 15) is 0 Å². The molecule has 1 rings (SSSR count). The Morgan fingerprint density at radius 2 is 2.00 bits per heavy atom. The third-order valence-corrected chi connectivity index (χ3v) is 2.44. The molecule has 1 aromatic carbocycles. The topological polar surface area (TPSA) is 0 Å². The van der Waals surface area contributed by atoms with Crippen molar-refractivity contribution in [3.8, 4) is 0 Å². The molecule has 0 saturated carbocycles. The first-order valence-electron chi connectivity index (χ1n) is 4.38. The molecule has 0 amide bonds. The maximum atomic E-state index is 6.26. The summed E-state index contributed by atoms with van der Waals surface area (Å²) in [6, 6.07) is 6.13. The molecule has 1 heteroatoms. The van der Waals surface area contributed by atoms with Crippen molar-refractivity contribution in [3.63, 3.8) is 0 Å². The molecule has 0 heterocycles. The number of hydrogen-bond acceptors (Lipinski definition) is 0. The normalized spacial score (nSPS) is 11.4. The van der Waals surface area contributed by atoms with Gasteiger partial charge in [-0.05, 0) is 37.5 Å². The van der Waals surface area contributed by atoms with Crippen molar-refractivity contribution in [2.24, 2.45) is 0 Å². The molecule has 0 aliphatic carbocycles. The van der Waals surface area contributed by atoms with Gasteiger partial charge >= 0.3 is 0 Å². The average molecular weight is 195 g/mol. The molecule has 0 saturated heterocycles. The average Bonchev–Trinajstić information content (AvgIpc) is 2.02. The molecule has 13 heavy (non-hydrogen) atoms. The Labute approximate surface area is 85.2 Å². The molecule has 0 fully saturated rings. The van der Waals surface area contributed by atoms with Gasteiger partial charge < -0.3 is 0 Å². The van der Waals surface area contributed by atoms with E-state index in [1.165, 1.54) is 11.1 Å². The fourth-order valence-electron chi connectivity index (χ4n) is 1.52. The predicted octanol–water partition coefficient (Wildman–Crippen LogP) is 4.11. The van der Waals surface area contributed by atoms with Crippen LogP contribution in [0.2, 0.25) is 0 Å². The molecule has 70 valence electrons. The highest BCUT2D eigenvalue weighted by molar-refractivity contribution is 6.23. The van der Waals surface area contributed by atoms with Gasteiger partial charge in [0.1, 0.15) is 0 Å². The van der Waals surface area contributed by atoms with Crippen LogP contribution in [0.25, 0.3) is 6.08 Å². The van der Waals surface area contributed by atoms with Gasteiger partial charge in [-0.1, -0.05) is 30.9 Å². The van der Waals surface area contributed by atoms with E-state index in [0.29, 0.717) is 0 Å². The summed E-state index contributed by atoms with van der Waals surface area (Å²) in [5.41, 5.74) is 3.55. The molecule has 0 atom stereocenters. The van der Waals surface area contributed by atoms with Gasteiger partial charge in [0.25, 0.3) is 0 Å². The van der Waals surface area contributed by atoms with Gasteiger partial charge in [0.05, 0.1) is 4.87 Å². The summed E-state index contributed by atoms with van der Waals surface area (Å²) in [5, 5.41) is 0. The first-order chi connectivity index (χ1) is 5.96. The first-order valence-corrected chi connectivity index (χ1v) is 4.76. The Balaban J connectivity index is 3.32. The van der Waals surface area contributed by atoms with Crippen molar-refractivity contribution in [3.05, 3.63) is 41.5 Å². The van der Waals surface area contributed by atoms with Crippen molar-refractivity contribution in [2.75, 3.05) is 0 Å². The number of alkyl halides is 1. The largest absolute Gasteiger partial charge is 0.115 e. The molecular weight excluding hydrogens is 180 g/mol. The molecule has 0 N–H and O–H groups in total. The van der Waals surface area contributed by atoms with Gasteiger partial charge in [-0.3, -0.25) is 0 Å². The fraction of sp³-hybridized carbons (Fsp3) is 0.333. The Hall–Kier alpha value is -0.750. The maximum absolute atomic E-state index is 6.26. The molecule has 0 bridgehead atoms. The fourth-order valence-corrected chi connectivity index (χ4v) is 1.72. The van der Waals surface area contributed by atoms with E-state index in [4.69, 9.17) is 11.6 Å². The molecule has 0 unspecified atom stereocenters. The lowest BCUT2D eigenvalue weighted by Gasteiger charge is -2.20. The quantitative estimate of drug-likeness (QED) is 0.622. The van der Waals surface area contributed by atoms with E-state index >= 15 is 0 Å². The summed E-state index contributed by atoms with van der Waals surface area (Å²) in [5.74, 6) is 0. The van der Waals surface area contributed by atoms with Crippen molar-refractivity contribution in [2.45, 2.75) is 25.6 Å². The number of rotatable bonds is 2. The minimum Gasteiger partial charge on any atom is -0.115 e. The van der Waals surface area contributed by atoms with Crippen molar-refractivity contribution < 1.29 is 0 Å². The van der Waals surface area contributed by atoms with E-state index in [1.54, 1.807) is 0 Å². The van der Waals surface area contributed by atoms with E-state index in [2.05, 4.69) is 25.6 Å². The first kappa shape index (κ1) is 10.3. The smallest absolute Gasteiger partial charge is 0.0641 e. The molecule has 0 spiro atoms. The summed E-state index contributed by atoms with van der Waals surface area (Å²) >= 11 is 6.26. The molecule has 0 nitrogen and oxygen atoms in total. The van der Waals surface area contributed by atoms with E-state index < -0.39 is 0 Å². The van der Waals surface area contributed by atoms with Crippen LogP contribution < -0.4 is 0 Å². The highest BCUT2D eigenvalue weighted by Gasteiger charge is 2.19. The van der Waals surface area contributed by atoms with Crippen LogP contribution in [-0.4, -0.2) is 0 Å². The second-order valence-corrected chi connectivity index (χ2v) is 4.64. The van der Waals surface area contributed by atoms with Crippen molar-refractivity contribution in [1.82, 2.24) is 0 Å². The van der Waals surface area contributed by atoms with Gasteiger partial charge in [0.15, 0.2) is 0 Å². The summed E-state index contributed by atoms with van der Waals surface area (Å²) in [4.78, 5) is -0.302. The molecule has 1 aromatic rings. The second-order valence-electron chi connectivity index (χ2n) is 3.70. The van der Waals surface area contributed by atoms with Gasteiger partial charge in [-0.15, -0.1) is 11.6 Å². The zero-order valence-corrected chi connectivity index (χ0v) is 9.15. The monoisotopic (exact) mass is 194 g/mol. The standard InChI is InChI=1S/C12H15Cl/c1-5-10-7-6-8-11(9(10)2)12(3,4)13/h5-8H,1H2,2-4H3. The minimum absolute atomic E-state index is 0.302. The predicted molar refractivity (Wildman–Crippen MR) is 60.1 cm³/mol. The number of benzene rings is 1. The van der Waals surface area contributed by atoms with Crippen LogP contribution in [0, 0.1) is 6.92 Å².